The molecule has 2 N–H and O–H groups in total. The van der Waals surface area contributed by atoms with Crippen LogP contribution in [0.15, 0.2) is 30.3 Å². The van der Waals surface area contributed by atoms with Gasteiger partial charge in [0.25, 0.3) is 0 Å². The first-order valence-corrected chi connectivity index (χ1v) is 6.45. The molecule has 1 unspecified atom stereocenters. The van der Waals surface area contributed by atoms with Crippen LogP contribution in [0.4, 0.5) is 0 Å². The van der Waals surface area contributed by atoms with Gasteiger partial charge in [-0.05, 0) is 12.0 Å². The van der Waals surface area contributed by atoms with Crippen molar-refractivity contribution in [1.29, 1.82) is 0 Å². The zero-order valence-corrected chi connectivity index (χ0v) is 10.2. The normalized spacial score (nSPS) is 14.0. The van der Waals surface area contributed by atoms with Gasteiger partial charge in [-0.15, -0.1) is 0 Å². The fraction of sp³-hybridized carbons (Fsp3) is 0.300. The molecule has 0 saturated carbocycles. The Morgan fingerprint density at radius 2 is 2.06 bits per heavy atom. The van der Waals surface area contributed by atoms with Gasteiger partial charge in [0.15, 0.2) is 0 Å². The van der Waals surface area contributed by atoms with E-state index in [2.05, 4.69) is 9.15 Å². The lowest BCUT2D eigenvalue weighted by atomic mass is 10.2. The standard InChI is InChI=1S/C10H14NO5P/c1-9(12)11-16-17(13,14)15-8-7-10-5-3-2-4-6-10/h2-6H,7-8H2,1H3,(H,11,12)(H,13,14). The highest BCUT2D eigenvalue weighted by molar-refractivity contribution is 7.47. The molecule has 1 aromatic rings. The van der Waals surface area contributed by atoms with Gasteiger partial charge in [-0.1, -0.05) is 30.3 Å². The van der Waals surface area contributed by atoms with E-state index in [1.54, 1.807) is 5.48 Å². The van der Waals surface area contributed by atoms with E-state index in [1.165, 1.54) is 0 Å². The molecular weight excluding hydrogens is 245 g/mol. The smallest absolute Gasteiger partial charge is 0.301 e. The maximum Gasteiger partial charge on any atom is 0.493 e. The molecule has 1 rings (SSSR count). The van der Waals surface area contributed by atoms with Crippen LogP contribution in [0.5, 0.6) is 0 Å². The minimum atomic E-state index is -4.22. The lowest BCUT2D eigenvalue weighted by Gasteiger charge is -2.11. The number of nitrogens with one attached hydrogen (secondary N) is 1. The summed E-state index contributed by atoms with van der Waals surface area (Å²) in [6.45, 7) is 1.18. The van der Waals surface area contributed by atoms with E-state index in [-0.39, 0.29) is 6.61 Å². The van der Waals surface area contributed by atoms with Gasteiger partial charge in [0.05, 0.1) is 6.61 Å². The molecule has 1 atom stereocenters. The van der Waals surface area contributed by atoms with E-state index in [4.69, 9.17) is 4.89 Å². The van der Waals surface area contributed by atoms with Crippen molar-refractivity contribution in [3.8, 4) is 0 Å². The Hall–Kier alpha value is -1.20. The number of benzene rings is 1. The number of hydrogen-bond acceptors (Lipinski definition) is 4. The third-order valence-electron chi connectivity index (χ3n) is 1.79. The highest BCUT2D eigenvalue weighted by atomic mass is 31.2. The third kappa shape index (κ3) is 6.19. The summed E-state index contributed by atoms with van der Waals surface area (Å²) in [5, 5.41) is 0. The fourth-order valence-corrected chi connectivity index (χ4v) is 1.69. The van der Waals surface area contributed by atoms with Gasteiger partial charge >= 0.3 is 7.82 Å². The van der Waals surface area contributed by atoms with Crippen LogP contribution in [-0.4, -0.2) is 17.4 Å². The maximum atomic E-state index is 11.2. The van der Waals surface area contributed by atoms with Gasteiger partial charge in [-0.3, -0.25) is 9.32 Å². The molecule has 0 heterocycles. The Kier molecular flexibility index (Phi) is 5.31. The molecule has 94 valence electrons. The van der Waals surface area contributed by atoms with Crippen LogP contribution in [-0.2, 0) is 24.9 Å². The van der Waals surface area contributed by atoms with E-state index in [0.29, 0.717) is 6.42 Å². The summed E-state index contributed by atoms with van der Waals surface area (Å²) in [5.74, 6) is -0.578. The second-order valence-electron chi connectivity index (χ2n) is 3.29. The number of phosphoric ester groups is 1. The Morgan fingerprint density at radius 1 is 1.41 bits per heavy atom. The number of carbonyl (C=O) groups is 1. The molecule has 0 aliphatic rings. The summed E-state index contributed by atoms with van der Waals surface area (Å²) in [7, 11) is -4.22. The zero-order chi connectivity index (χ0) is 12.7. The summed E-state index contributed by atoms with van der Waals surface area (Å²) in [4.78, 5) is 19.6. The van der Waals surface area contributed by atoms with E-state index < -0.39 is 13.7 Å². The van der Waals surface area contributed by atoms with Gasteiger partial charge < -0.3 is 4.89 Å². The molecule has 6 nitrogen and oxygen atoms in total. The van der Waals surface area contributed by atoms with Gasteiger partial charge in [-0.25, -0.2) is 10.0 Å². The predicted molar refractivity (Wildman–Crippen MR) is 60.8 cm³/mol. The summed E-state index contributed by atoms with van der Waals surface area (Å²) < 4.78 is 20.1. The maximum absolute atomic E-state index is 11.2. The SMILES string of the molecule is CC(=O)NOP(=O)(O)OCCc1ccccc1. The summed E-state index contributed by atoms with van der Waals surface area (Å²) in [5.41, 5.74) is 2.74. The van der Waals surface area contributed by atoms with Gasteiger partial charge in [-0.2, -0.15) is 4.62 Å². The number of carbonyl (C=O) groups excluding carboxylic acids is 1. The Balaban J connectivity index is 2.30. The number of hydrogen-bond donors (Lipinski definition) is 2. The molecule has 0 spiro atoms. The Bertz CT molecular complexity index is 408. The number of phosphoric acid groups is 1. The summed E-state index contributed by atoms with van der Waals surface area (Å²) >= 11 is 0. The number of rotatable bonds is 6. The minimum absolute atomic E-state index is 0.0252. The van der Waals surface area contributed by atoms with Crippen molar-refractivity contribution >= 4 is 13.7 Å². The molecule has 0 aliphatic heterocycles. The topological polar surface area (TPSA) is 84.9 Å². The first kappa shape index (κ1) is 13.9. The van der Waals surface area contributed by atoms with Crippen molar-refractivity contribution in [2.24, 2.45) is 0 Å². The first-order chi connectivity index (χ1) is 7.99. The molecule has 0 radical (unpaired) electrons. The predicted octanol–water partition coefficient (Wildman–Crippen LogP) is 1.41. The second-order valence-corrected chi connectivity index (χ2v) is 4.66. The van der Waals surface area contributed by atoms with Crippen LogP contribution in [0.25, 0.3) is 0 Å². The zero-order valence-electron chi connectivity index (χ0n) is 9.33. The quantitative estimate of drug-likeness (QED) is 0.596. The molecule has 0 fully saturated rings. The Morgan fingerprint density at radius 3 is 2.65 bits per heavy atom. The second kappa shape index (κ2) is 6.51. The largest absolute Gasteiger partial charge is 0.493 e. The van der Waals surface area contributed by atoms with Crippen molar-refractivity contribution in [2.75, 3.05) is 6.61 Å². The molecule has 0 saturated heterocycles. The molecule has 0 aliphatic carbocycles. The molecule has 1 aromatic carbocycles. The van der Waals surface area contributed by atoms with Crippen molar-refractivity contribution in [3.63, 3.8) is 0 Å². The van der Waals surface area contributed by atoms with E-state index in [9.17, 15) is 9.36 Å². The lowest BCUT2D eigenvalue weighted by Crippen LogP contribution is -2.19. The molecule has 17 heavy (non-hydrogen) atoms. The van der Waals surface area contributed by atoms with Crippen LogP contribution < -0.4 is 5.48 Å². The molecular formula is C10H14NO5P. The molecule has 0 bridgehead atoms. The molecule has 0 aromatic heterocycles. The van der Waals surface area contributed by atoms with Crippen molar-refractivity contribution in [3.05, 3.63) is 35.9 Å². The van der Waals surface area contributed by atoms with Crippen LogP contribution in [0.1, 0.15) is 12.5 Å². The summed E-state index contributed by atoms with van der Waals surface area (Å²) in [6, 6.07) is 9.35. The molecule has 7 heteroatoms. The highest BCUT2D eigenvalue weighted by Gasteiger charge is 2.21. The van der Waals surface area contributed by atoms with E-state index in [0.717, 1.165) is 12.5 Å². The van der Waals surface area contributed by atoms with Crippen LogP contribution in [0.3, 0.4) is 0 Å². The Labute approximate surface area is 99.1 Å². The lowest BCUT2D eigenvalue weighted by molar-refractivity contribution is -0.126. The van der Waals surface area contributed by atoms with Crippen LogP contribution in [0, 0.1) is 0 Å². The van der Waals surface area contributed by atoms with Crippen molar-refractivity contribution < 1.29 is 23.4 Å². The van der Waals surface area contributed by atoms with Crippen LogP contribution >= 0.6 is 7.82 Å². The number of hydroxylamine groups is 1. The average Bonchev–Trinajstić information content (AvgIpc) is 2.28. The first-order valence-electron chi connectivity index (χ1n) is 4.96. The van der Waals surface area contributed by atoms with Gasteiger partial charge in [0, 0.05) is 6.92 Å². The van der Waals surface area contributed by atoms with Crippen molar-refractivity contribution in [1.82, 2.24) is 5.48 Å². The average molecular weight is 259 g/mol. The number of amides is 1. The highest BCUT2D eigenvalue weighted by Crippen LogP contribution is 2.41. The van der Waals surface area contributed by atoms with Gasteiger partial charge in [0.1, 0.15) is 0 Å². The monoisotopic (exact) mass is 259 g/mol. The van der Waals surface area contributed by atoms with Crippen molar-refractivity contribution in [2.45, 2.75) is 13.3 Å². The fourth-order valence-electron chi connectivity index (χ4n) is 1.07. The summed E-state index contributed by atoms with van der Waals surface area (Å²) in [6.07, 6.45) is 0.481. The molecule has 1 amide bonds. The van der Waals surface area contributed by atoms with Gasteiger partial charge in [0.2, 0.25) is 5.91 Å². The van der Waals surface area contributed by atoms with E-state index in [1.807, 2.05) is 30.3 Å². The van der Waals surface area contributed by atoms with E-state index >= 15 is 0 Å². The third-order valence-corrected chi connectivity index (χ3v) is 2.62. The minimum Gasteiger partial charge on any atom is -0.301 e. The van der Waals surface area contributed by atoms with Crippen LogP contribution in [0.2, 0.25) is 0 Å².